The fourth-order valence-electron chi connectivity index (χ4n) is 2.20. The standard InChI is InChI=1S/C13H18Cl2N2O3S/c1-16-9-10-7-13(12(15)8-11(10)14)21(18,19)17-3-2-5-20-6-4-17/h7-8,16H,2-6,9H2,1H3. The highest BCUT2D eigenvalue weighted by molar-refractivity contribution is 7.89. The van der Waals surface area contributed by atoms with Crippen LogP contribution in [0.5, 0.6) is 0 Å². The number of ether oxygens (including phenoxy) is 1. The molecule has 0 aliphatic carbocycles. The second kappa shape index (κ2) is 7.26. The molecule has 1 heterocycles. The van der Waals surface area contributed by atoms with Crippen molar-refractivity contribution in [3.63, 3.8) is 0 Å². The van der Waals surface area contributed by atoms with E-state index in [1.807, 2.05) is 0 Å². The molecule has 0 amide bonds. The van der Waals surface area contributed by atoms with Crippen LogP contribution in [0.4, 0.5) is 0 Å². The number of hydrogen-bond acceptors (Lipinski definition) is 4. The molecular weight excluding hydrogens is 335 g/mol. The zero-order chi connectivity index (χ0) is 15.5. The molecule has 0 radical (unpaired) electrons. The highest BCUT2D eigenvalue weighted by atomic mass is 35.5. The van der Waals surface area contributed by atoms with Gasteiger partial charge in [0.1, 0.15) is 4.90 Å². The van der Waals surface area contributed by atoms with Gasteiger partial charge >= 0.3 is 0 Å². The smallest absolute Gasteiger partial charge is 0.244 e. The van der Waals surface area contributed by atoms with Crippen molar-refractivity contribution < 1.29 is 13.2 Å². The van der Waals surface area contributed by atoms with Crippen LogP contribution in [0.2, 0.25) is 10.0 Å². The normalized spacial score (nSPS) is 17.7. The largest absolute Gasteiger partial charge is 0.380 e. The van der Waals surface area contributed by atoms with E-state index in [1.54, 1.807) is 13.1 Å². The summed E-state index contributed by atoms with van der Waals surface area (Å²) in [5, 5.41) is 3.55. The summed E-state index contributed by atoms with van der Waals surface area (Å²) in [6.07, 6.45) is 0.674. The van der Waals surface area contributed by atoms with Crippen molar-refractivity contribution in [2.24, 2.45) is 0 Å². The van der Waals surface area contributed by atoms with Crippen LogP contribution in [0, 0.1) is 0 Å². The summed E-state index contributed by atoms with van der Waals surface area (Å²) >= 11 is 12.2. The summed E-state index contributed by atoms with van der Waals surface area (Å²) in [6, 6.07) is 3.03. The lowest BCUT2D eigenvalue weighted by molar-refractivity contribution is 0.148. The third kappa shape index (κ3) is 3.88. The summed E-state index contributed by atoms with van der Waals surface area (Å²) in [4.78, 5) is 0.0979. The topological polar surface area (TPSA) is 58.6 Å². The first kappa shape index (κ1) is 17.0. The summed E-state index contributed by atoms with van der Waals surface area (Å²) < 4.78 is 32.2. The van der Waals surface area contributed by atoms with Gasteiger partial charge in [0.25, 0.3) is 0 Å². The minimum atomic E-state index is -3.64. The minimum Gasteiger partial charge on any atom is -0.380 e. The number of nitrogens with one attached hydrogen (secondary N) is 1. The molecule has 1 aliphatic heterocycles. The van der Waals surface area contributed by atoms with Gasteiger partial charge in [0.05, 0.1) is 11.6 Å². The molecule has 1 aliphatic rings. The molecule has 0 saturated carbocycles. The highest BCUT2D eigenvalue weighted by Crippen LogP contribution is 2.31. The summed E-state index contributed by atoms with van der Waals surface area (Å²) in [5.41, 5.74) is 0.702. The summed E-state index contributed by atoms with van der Waals surface area (Å²) in [7, 11) is -1.87. The van der Waals surface area contributed by atoms with Crippen molar-refractivity contribution in [1.29, 1.82) is 0 Å². The Morgan fingerprint density at radius 1 is 1.24 bits per heavy atom. The number of hydrogen-bond donors (Lipinski definition) is 1. The molecule has 0 atom stereocenters. The zero-order valence-corrected chi connectivity index (χ0v) is 14.1. The number of rotatable bonds is 4. The van der Waals surface area contributed by atoms with Crippen molar-refractivity contribution in [3.05, 3.63) is 27.7 Å². The molecule has 2 rings (SSSR count). The Hall–Kier alpha value is -0.370. The van der Waals surface area contributed by atoms with Crippen LogP contribution >= 0.6 is 23.2 Å². The quantitative estimate of drug-likeness (QED) is 0.901. The molecule has 8 heteroatoms. The fraction of sp³-hybridized carbons (Fsp3) is 0.538. The first-order chi connectivity index (χ1) is 9.96. The average Bonchev–Trinajstić information content (AvgIpc) is 2.71. The van der Waals surface area contributed by atoms with Gasteiger partial charge in [0.2, 0.25) is 10.0 Å². The maximum absolute atomic E-state index is 12.8. The molecule has 0 aromatic heterocycles. The van der Waals surface area contributed by atoms with Gasteiger partial charge in [-0.2, -0.15) is 4.31 Å². The molecule has 1 N–H and O–H groups in total. The van der Waals surface area contributed by atoms with Gasteiger partial charge in [-0.15, -0.1) is 0 Å². The van der Waals surface area contributed by atoms with Crippen LogP contribution in [-0.4, -0.2) is 46.1 Å². The maximum Gasteiger partial charge on any atom is 0.244 e. The lowest BCUT2D eigenvalue weighted by Gasteiger charge is -2.21. The predicted molar refractivity (Wildman–Crippen MR) is 83.4 cm³/mol. The molecule has 1 saturated heterocycles. The monoisotopic (exact) mass is 352 g/mol. The second-order valence-corrected chi connectivity index (χ2v) is 7.50. The van der Waals surface area contributed by atoms with Crippen LogP contribution in [-0.2, 0) is 21.3 Å². The summed E-state index contributed by atoms with van der Waals surface area (Å²) in [5.74, 6) is 0. The van der Waals surface area contributed by atoms with Crippen LogP contribution in [0.25, 0.3) is 0 Å². The van der Waals surface area contributed by atoms with Crippen LogP contribution in [0.1, 0.15) is 12.0 Å². The van der Waals surface area contributed by atoms with Gasteiger partial charge in [-0.3, -0.25) is 0 Å². The Bertz CT molecular complexity index is 600. The van der Waals surface area contributed by atoms with Crippen molar-refractivity contribution in [2.45, 2.75) is 17.9 Å². The maximum atomic E-state index is 12.8. The molecule has 21 heavy (non-hydrogen) atoms. The van der Waals surface area contributed by atoms with Gasteiger partial charge < -0.3 is 10.1 Å². The van der Waals surface area contributed by atoms with Gasteiger partial charge in [0, 0.05) is 31.3 Å². The average molecular weight is 353 g/mol. The molecule has 5 nitrogen and oxygen atoms in total. The van der Waals surface area contributed by atoms with Crippen molar-refractivity contribution >= 4 is 33.2 Å². The van der Waals surface area contributed by atoms with Gasteiger partial charge in [-0.05, 0) is 31.2 Å². The molecule has 0 spiro atoms. The molecule has 1 fully saturated rings. The van der Waals surface area contributed by atoms with Gasteiger partial charge in [-0.1, -0.05) is 23.2 Å². The Kier molecular flexibility index (Phi) is 5.88. The second-order valence-electron chi connectivity index (χ2n) is 4.77. The third-order valence-corrected chi connectivity index (χ3v) is 5.98. The van der Waals surface area contributed by atoms with Crippen LogP contribution < -0.4 is 5.32 Å². The molecule has 118 valence electrons. The number of nitrogens with zero attached hydrogens (tertiary/aromatic N) is 1. The zero-order valence-electron chi connectivity index (χ0n) is 11.7. The molecule has 1 aromatic rings. The molecule has 1 aromatic carbocycles. The number of sulfonamides is 1. The van der Waals surface area contributed by atoms with E-state index in [0.29, 0.717) is 49.9 Å². The minimum absolute atomic E-state index is 0.0979. The summed E-state index contributed by atoms with van der Waals surface area (Å²) in [6.45, 7) is 2.21. The predicted octanol–water partition coefficient (Wildman–Crippen LogP) is 2.12. The van der Waals surface area contributed by atoms with E-state index in [2.05, 4.69) is 5.32 Å². The molecular formula is C13H18Cl2N2O3S. The van der Waals surface area contributed by atoms with E-state index in [9.17, 15) is 8.42 Å². The van der Waals surface area contributed by atoms with E-state index in [4.69, 9.17) is 27.9 Å². The van der Waals surface area contributed by atoms with Crippen molar-refractivity contribution in [3.8, 4) is 0 Å². The molecule has 0 unspecified atom stereocenters. The first-order valence-corrected chi connectivity index (χ1v) is 8.87. The SMILES string of the molecule is CNCc1cc(S(=O)(=O)N2CCCOCC2)c(Cl)cc1Cl. The van der Waals surface area contributed by atoms with Crippen molar-refractivity contribution in [1.82, 2.24) is 9.62 Å². The Morgan fingerprint density at radius 3 is 2.71 bits per heavy atom. The van der Waals surface area contributed by atoms with E-state index in [-0.39, 0.29) is 9.92 Å². The Balaban J connectivity index is 2.40. The van der Waals surface area contributed by atoms with E-state index in [1.165, 1.54) is 10.4 Å². The number of halogens is 2. The fourth-order valence-corrected chi connectivity index (χ4v) is 4.50. The lowest BCUT2D eigenvalue weighted by Crippen LogP contribution is -2.33. The third-order valence-electron chi connectivity index (χ3n) is 3.27. The lowest BCUT2D eigenvalue weighted by atomic mass is 10.2. The Morgan fingerprint density at radius 2 is 2.00 bits per heavy atom. The van der Waals surface area contributed by atoms with Gasteiger partial charge in [0.15, 0.2) is 0 Å². The first-order valence-electron chi connectivity index (χ1n) is 6.67. The van der Waals surface area contributed by atoms with Crippen LogP contribution in [0.3, 0.4) is 0 Å². The molecule has 0 bridgehead atoms. The van der Waals surface area contributed by atoms with Crippen molar-refractivity contribution in [2.75, 3.05) is 33.4 Å². The number of benzene rings is 1. The Labute approximate surface area is 135 Å². The van der Waals surface area contributed by atoms with E-state index in [0.717, 1.165) is 0 Å². The van der Waals surface area contributed by atoms with Crippen LogP contribution in [0.15, 0.2) is 17.0 Å². The van der Waals surface area contributed by atoms with E-state index < -0.39 is 10.0 Å². The highest BCUT2D eigenvalue weighted by Gasteiger charge is 2.28. The van der Waals surface area contributed by atoms with Gasteiger partial charge in [-0.25, -0.2) is 8.42 Å². The van der Waals surface area contributed by atoms with E-state index >= 15 is 0 Å².